The quantitative estimate of drug-likeness (QED) is 0.716. The highest BCUT2D eigenvalue weighted by Gasteiger charge is 2.54. The van der Waals surface area contributed by atoms with Crippen LogP contribution in [0.5, 0.6) is 0 Å². The summed E-state index contributed by atoms with van der Waals surface area (Å²) in [7, 11) is 0. The van der Waals surface area contributed by atoms with Crippen molar-refractivity contribution in [1.29, 1.82) is 0 Å². The zero-order valence-corrected chi connectivity index (χ0v) is 16.2. The Labute approximate surface area is 161 Å². The highest BCUT2D eigenvalue weighted by molar-refractivity contribution is 5.93. The summed E-state index contributed by atoms with van der Waals surface area (Å²) in [4.78, 5) is 18.7. The largest absolute Gasteiger partial charge is 0.381 e. The summed E-state index contributed by atoms with van der Waals surface area (Å²) in [5.41, 5.74) is 1.42. The molecule has 4 rings (SSSR count). The number of rotatable bonds is 6. The lowest BCUT2D eigenvalue weighted by molar-refractivity contribution is -0.121. The molecule has 27 heavy (non-hydrogen) atoms. The predicted molar refractivity (Wildman–Crippen MR) is 101 cm³/mol. The van der Waals surface area contributed by atoms with E-state index in [0.29, 0.717) is 30.6 Å². The lowest BCUT2D eigenvalue weighted by atomic mass is 9.79. The van der Waals surface area contributed by atoms with Gasteiger partial charge in [-0.15, -0.1) is 0 Å². The van der Waals surface area contributed by atoms with Crippen molar-refractivity contribution in [1.82, 2.24) is 9.88 Å². The van der Waals surface area contributed by atoms with E-state index in [-0.39, 0.29) is 11.5 Å². The van der Waals surface area contributed by atoms with Gasteiger partial charge in [-0.05, 0) is 56.1 Å². The Morgan fingerprint density at radius 1 is 1.26 bits per heavy atom. The molecule has 1 unspecified atom stereocenters. The maximum atomic E-state index is 12.6. The van der Waals surface area contributed by atoms with Gasteiger partial charge < -0.3 is 19.1 Å². The Balaban J connectivity index is 1.23. The minimum absolute atomic E-state index is 0.00522. The van der Waals surface area contributed by atoms with E-state index < -0.39 is 0 Å². The van der Waals surface area contributed by atoms with E-state index in [1.54, 1.807) is 12.3 Å². The third kappa shape index (κ3) is 4.18. The zero-order chi connectivity index (χ0) is 18.7. The van der Waals surface area contributed by atoms with Gasteiger partial charge in [-0.1, -0.05) is 6.07 Å². The first-order valence-electron chi connectivity index (χ1n) is 10.2. The number of likely N-dealkylation sites (tertiary alicyclic amines) is 1. The fourth-order valence-electron chi connectivity index (χ4n) is 4.43. The second kappa shape index (κ2) is 8.25. The van der Waals surface area contributed by atoms with E-state index in [0.717, 1.165) is 64.3 Å². The maximum absolute atomic E-state index is 12.6. The number of hydrogen-bond donors (Lipinski definition) is 0. The average Bonchev–Trinajstić information content (AvgIpc) is 3.09. The molecular weight excluding hydrogens is 344 g/mol. The summed E-state index contributed by atoms with van der Waals surface area (Å²) in [6.07, 6.45) is 6.04. The van der Waals surface area contributed by atoms with E-state index in [1.165, 1.54) is 0 Å². The average molecular weight is 374 g/mol. The molecule has 3 saturated heterocycles. The molecule has 1 aromatic heterocycles. The maximum Gasteiger partial charge on any atom is 0.272 e. The van der Waals surface area contributed by atoms with Crippen LogP contribution in [-0.2, 0) is 14.2 Å². The number of aryl methyl sites for hydroxylation is 1. The number of amides is 1. The highest BCUT2D eigenvalue weighted by atomic mass is 16.5. The number of carbonyl (C=O) groups is 1. The van der Waals surface area contributed by atoms with Crippen molar-refractivity contribution < 1.29 is 19.0 Å². The zero-order valence-electron chi connectivity index (χ0n) is 16.2. The molecule has 148 valence electrons. The van der Waals surface area contributed by atoms with Crippen molar-refractivity contribution in [2.75, 3.05) is 46.1 Å². The van der Waals surface area contributed by atoms with Gasteiger partial charge in [0.05, 0.1) is 13.1 Å². The number of nitrogens with zero attached hydrogens (tertiary/aromatic N) is 2. The van der Waals surface area contributed by atoms with Crippen LogP contribution in [0.15, 0.2) is 18.3 Å². The molecule has 6 nitrogen and oxygen atoms in total. The van der Waals surface area contributed by atoms with Gasteiger partial charge in [0.15, 0.2) is 0 Å². The molecule has 6 heteroatoms. The van der Waals surface area contributed by atoms with Crippen LogP contribution in [0.4, 0.5) is 0 Å². The van der Waals surface area contributed by atoms with E-state index in [2.05, 4.69) is 4.98 Å². The SMILES string of the molecule is Cc1ccc(C(=O)N2CC3(C2)OCCC3CCOCC2CCOCC2)nc1. The van der Waals surface area contributed by atoms with Crippen molar-refractivity contribution >= 4 is 5.91 Å². The second-order valence-electron chi connectivity index (χ2n) is 8.20. The molecule has 0 radical (unpaired) electrons. The molecule has 3 fully saturated rings. The minimum Gasteiger partial charge on any atom is -0.381 e. The van der Waals surface area contributed by atoms with Gasteiger partial charge in [-0.3, -0.25) is 9.78 Å². The standard InChI is InChI=1S/C21H30N2O4/c1-16-2-3-19(22-12-16)20(24)23-14-21(15-23)18(7-11-27-21)6-10-26-13-17-4-8-25-9-5-17/h2-3,12,17-18H,4-11,13-15H2,1H3. The molecule has 1 amide bonds. The molecule has 0 aliphatic carbocycles. The fraction of sp³-hybridized carbons (Fsp3) is 0.714. The number of hydrogen-bond acceptors (Lipinski definition) is 5. The van der Waals surface area contributed by atoms with Crippen LogP contribution in [0, 0.1) is 18.8 Å². The number of aromatic nitrogens is 1. The van der Waals surface area contributed by atoms with Crippen LogP contribution < -0.4 is 0 Å². The molecule has 0 aromatic carbocycles. The minimum atomic E-state index is -0.164. The van der Waals surface area contributed by atoms with Gasteiger partial charge in [-0.2, -0.15) is 0 Å². The van der Waals surface area contributed by atoms with Crippen LogP contribution in [0.3, 0.4) is 0 Å². The molecule has 1 atom stereocenters. The molecule has 4 heterocycles. The van der Waals surface area contributed by atoms with Crippen molar-refractivity contribution in [3.8, 4) is 0 Å². The summed E-state index contributed by atoms with van der Waals surface area (Å²) >= 11 is 0. The van der Waals surface area contributed by atoms with Crippen LogP contribution in [-0.4, -0.2) is 67.5 Å². The van der Waals surface area contributed by atoms with Crippen LogP contribution in [0.2, 0.25) is 0 Å². The molecule has 1 aromatic rings. The Morgan fingerprint density at radius 3 is 2.81 bits per heavy atom. The number of ether oxygens (including phenoxy) is 3. The molecule has 0 saturated carbocycles. The molecule has 3 aliphatic rings. The monoisotopic (exact) mass is 374 g/mol. The van der Waals surface area contributed by atoms with Gasteiger partial charge >= 0.3 is 0 Å². The van der Waals surface area contributed by atoms with Gasteiger partial charge in [0.1, 0.15) is 11.3 Å². The number of carbonyl (C=O) groups excluding carboxylic acids is 1. The van der Waals surface area contributed by atoms with Gasteiger partial charge in [0, 0.05) is 39.2 Å². The topological polar surface area (TPSA) is 60.9 Å². The summed E-state index contributed by atoms with van der Waals surface area (Å²) in [6.45, 7) is 7.46. The van der Waals surface area contributed by atoms with Gasteiger partial charge in [0.2, 0.25) is 0 Å². The first-order chi connectivity index (χ1) is 13.2. The first-order valence-corrected chi connectivity index (χ1v) is 10.2. The van der Waals surface area contributed by atoms with Crippen molar-refractivity contribution in [3.63, 3.8) is 0 Å². The highest BCUT2D eigenvalue weighted by Crippen LogP contribution is 2.42. The summed E-state index contributed by atoms with van der Waals surface area (Å²) in [5, 5.41) is 0. The Hall–Kier alpha value is -1.50. The molecule has 0 bridgehead atoms. The van der Waals surface area contributed by atoms with Crippen LogP contribution in [0.25, 0.3) is 0 Å². The summed E-state index contributed by atoms with van der Waals surface area (Å²) in [6, 6.07) is 3.74. The third-order valence-electron chi connectivity index (χ3n) is 6.24. The summed E-state index contributed by atoms with van der Waals surface area (Å²) in [5.74, 6) is 1.12. The van der Waals surface area contributed by atoms with Gasteiger partial charge in [0.25, 0.3) is 5.91 Å². The first kappa shape index (κ1) is 18.8. The number of pyridine rings is 1. The van der Waals surface area contributed by atoms with E-state index in [1.807, 2.05) is 17.9 Å². The van der Waals surface area contributed by atoms with E-state index in [9.17, 15) is 4.79 Å². The van der Waals surface area contributed by atoms with Crippen LogP contribution in [0.1, 0.15) is 41.7 Å². The third-order valence-corrected chi connectivity index (χ3v) is 6.24. The summed E-state index contributed by atoms with van der Waals surface area (Å²) < 4.78 is 17.4. The Kier molecular flexibility index (Phi) is 5.76. The second-order valence-corrected chi connectivity index (χ2v) is 8.20. The molecule has 1 spiro atoms. The van der Waals surface area contributed by atoms with Gasteiger partial charge in [-0.25, -0.2) is 0 Å². The lowest BCUT2D eigenvalue weighted by Gasteiger charge is -2.50. The molecular formula is C21H30N2O4. The predicted octanol–water partition coefficient (Wildman–Crippen LogP) is 2.45. The molecule has 3 aliphatic heterocycles. The lowest BCUT2D eigenvalue weighted by Crippen LogP contribution is -2.66. The van der Waals surface area contributed by atoms with Crippen molar-refractivity contribution in [2.45, 2.75) is 38.2 Å². The van der Waals surface area contributed by atoms with E-state index in [4.69, 9.17) is 14.2 Å². The van der Waals surface area contributed by atoms with Crippen molar-refractivity contribution in [2.24, 2.45) is 11.8 Å². The van der Waals surface area contributed by atoms with Crippen molar-refractivity contribution in [3.05, 3.63) is 29.6 Å². The smallest absolute Gasteiger partial charge is 0.272 e. The normalized spacial score (nSPS) is 24.9. The Morgan fingerprint density at radius 2 is 2.07 bits per heavy atom. The fourth-order valence-corrected chi connectivity index (χ4v) is 4.43. The van der Waals surface area contributed by atoms with E-state index >= 15 is 0 Å². The molecule has 0 N–H and O–H groups in total. The van der Waals surface area contributed by atoms with Crippen LogP contribution >= 0.6 is 0 Å². The Bertz CT molecular complexity index is 636.